The molecule has 0 saturated heterocycles. The first-order valence-electron chi connectivity index (χ1n) is 17.8. The van der Waals surface area contributed by atoms with Crippen molar-refractivity contribution in [3.63, 3.8) is 0 Å². The lowest BCUT2D eigenvalue weighted by molar-refractivity contribution is -0.134. The highest BCUT2D eigenvalue weighted by Crippen LogP contribution is 2.69. The predicted molar refractivity (Wildman–Crippen MR) is 169 cm³/mol. The summed E-state index contributed by atoms with van der Waals surface area (Å²) in [7, 11) is 0. The van der Waals surface area contributed by atoms with Crippen LogP contribution in [0, 0.1) is 70.0 Å². The summed E-state index contributed by atoms with van der Waals surface area (Å²) in [6.45, 7) is 16.6. The molecule has 224 valence electrons. The van der Waals surface area contributed by atoms with E-state index < -0.39 is 0 Å². The summed E-state index contributed by atoms with van der Waals surface area (Å²) in [6, 6.07) is 5.07. The fraction of sp³-hybridized carbons (Fsp3) is 0.868. The molecule has 5 aliphatic rings. The van der Waals surface area contributed by atoms with E-state index in [-0.39, 0.29) is 0 Å². The Bertz CT molecular complexity index is 973. The zero-order chi connectivity index (χ0) is 28.1. The van der Waals surface area contributed by atoms with Crippen LogP contribution in [0.3, 0.4) is 0 Å². The molecule has 2 nitrogen and oxygen atoms in total. The van der Waals surface area contributed by atoms with Gasteiger partial charge >= 0.3 is 0 Å². The number of aromatic nitrogens is 1. The zero-order valence-electron chi connectivity index (χ0n) is 27.0. The van der Waals surface area contributed by atoms with Crippen LogP contribution in [-0.4, -0.2) is 17.6 Å². The number of fused-ring (bicyclic) bond motifs is 5. The van der Waals surface area contributed by atoms with Crippen LogP contribution in [0.15, 0.2) is 24.5 Å². The first kappa shape index (κ1) is 29.2. The number of nitrogens with zero attached hydrogens (tertiary/aromatic N) is 1. The molecule has 5 aliphatic carbocycles. The molecule has 1 heterocycles. The minimum absolute atomic E-state index is 0.547. The summed E-state index contributed by atoms with van der Waals surface area (Å²) in [6.07, 6.45) is 23.0. The standard InChI is InChI=1S/C38H62N2/c1-25(2)9-7-10-26(3)32-12-13-33-31-23-36(40-20-16-28-11-8-19-39-24-28)35-22-29(30-21-27(30)4)14-17-38(35,6)34(31)15-18-37(32,33)5/h8,11,19,24-27,29-36,40H,7,9-10,12-18,20-23H2,1-6H3/t26?,27?,29-,30?,31?,32+,33?,34?,35?,36?,37+,38+/m0/s1. The average molecular weight is 547 g/mol. The second-order valence-electron chi connectivity index (χ2n) is 16.8. The third-order valence-electron chi connectivity index (χ3n) is 14.3. The van der Waals surface area contributed by atoms with Crippen molar-refractivity contribution in [1.29, 1.82) is 0 Å². The molecule has 6 rings (SSSR count). The molecule has 0 radical (unpaired) electrons. The molecular weight excluding hydrogens is 484 g/mol. The Labute approximate surface area is 247 Å². The third kappa shape index (κ3) is 5.46. The average Bonchev–Trinajstić information content (AvgIpc) is 3.54. The second-order valence-corrected chi connectivity index (χ2v) is 16.8. The molecule has 0 aromatic carbocycles. The van der Waals surface area contributed by atoms with E-state index in [1.807, 2.05) is 6.20 Å². The van der Waals surface area contributed by atoms with Gasteiger partial charge in [0.1, 0.15) is 0 Å². The minimum Gasteiger partial charge on any atom is -0.313 e. The van der Waals surface area contributed by atoms with Crippen molar-refractivity contribution in [1.82, 2.24) is 10.3 Å². The van der Waals surface area contributed by atoms with E-state index in [2.05, 4.69) is 70.2 Å². The van der Waals surface area contributed by atoms with Crippen LogP contribution >= 0.6 is 0 Å². The second kappa shape index (κ2) is 11.7. The fourth-order valence-corrected chi connectivity index (χ4v) is 12.0. The topological polar surface area (TPSA) is 24.9 Å². The largest absolute Gasteiger partial charge is 0.313 e. The van der Waals surface area contributed by atoms with Gasteiger partial charge in [0.25, 0.3) is 0 Å². The molecule has 0 bridgehead atoms. The van der Waals surface area contributed by atoms with Gasteiger partial charge < -0.3 is 5.32 Å². The summed E-state index contributed by atoms with van der Waals surface area (Å²) in [5.74, 6) is 9.52. The minimum atomic E-state index is 0.547. The summed E-state index contributed by atoms with van der Waals surface area (Å²) >= 11 is 0. The Kier molecular flexibility index (Phi) is 8.51. The number of hydrogen-bond acceptors (Lipinski definition) is 2. The SMILES string of the molecule is CC(C)CCCC(C)[C@H]1CCC2C3CC(NCCc4cccnc4)C4C[C@@H](C5CC5C)CC[C@]4(C)C3CC[C@@]21C. The van der Waals surface area contributed by atoms with Crippen LogP contribution in [0.2, 0.25) is 0 Å². The van der Waals surface area contributed by atoms with Crippen molar-refractivity contribution in [2.75, 3.05) is 6.54 Å². The Morgan fingerprint density at radius 1 is 0.900 bits per heavy atom. The van der Waals surface area contributed by atoms with Crippen LogP contribution in [0.1, 0.15) is 124 Å². The van der Waals surface area contributed by atoms with Gasteiger partial charge in [-0.2, -0.15) is 0 Å². The molecule has 40 heavy (non-hydrogen) atoms. The number of nitrogens with one attached hydrogen (secondary N) is 1. The van der Waals surface area contributed by atoms with Crippen molar-refractivity contribution in [3.05, 3.63) is 30.1 Å². The molecule has 12 atom stereocenters. The molecule has 0 amide bonds. The van der Waals surface area contributed by atoms with Crippen molar-refractivity contribution in [3.8, 4) is 0 Å². The molecule has 0 aliphatic heterocycles. The molecule has 5 saturated carbocycles. The van der Waals surface area contributed by atoms with E-state index in [4.69, 9.17) is 0 Å². The molecule has 1 N–H and O–H groups in total. The summed E-state index contributed by atoms with van der Waals surface area (Å²) < 4.78 is 0. The van der Waals surface area contributed by atoms with Gasteiger partial charge in [-0.25, -0.2) is 0 Å². The Hall–Kier alpha value is -0.890. The van der Waals surface area contributed by atoms with E-state index in [9.17, 15) is 0 Å². The Balaban J connectivity index is 1.20. The molecule has 0 spiro atoms. The zero-order valence-corrected chi connectivity index (χ0v) is 27.0. The van der Waals surface area contributed by atoms with Crippen molar-refractivity contribution >= 4 is 0 Å². The quantitative estimate of drug-likeness (QED) is 0.316. The molecule has 8 unspecified atom stereocenters. The highest BCUT2D eigenvalue weighted by molar-refractivity contribution is 5.14. The van der Waals surface area contributed by atoms with Gasteiger partial charge in [0, 0.05) is 18.4 Å². The Morgan fingerprint density at radius 3 is 2.40 bits per heavy atom. The lowest BCUT2D eigenvalue weighted by Crippen LogP contribution is -2.61. The van der Waals surface area contributed by atoms with E-state index in [0.717, 1.165) is 72.1 Å². The van der Waals surface area contributed by atoms with E-state index >= 15 is 0 Å². The lowest BCUT2D eigenvalue weighted by Gasteiger charge is -2.63. The highest BCUT2D eigenvalue weighted by Gasteiger charge is 2.63. The van der Waals surface area contributed by atoms with Crippen LogP contribution in [0.4, 0.5) is 0 Å². The van der Waals surface area contributed by atoms with Crippen LogP contribution in [0.5, 0.6) is 0 Å². The van der Waals surface area contributed by atoms with Crippen LogP contribution < -0.4 is 5.32 Å². The number of pyridine rings is 1. The highest BCUT2D eigenvalue weighted by atomic mass is 14.9. The maximum atomic E-state index is 4.39. The van der Waals surface area contributed by atoms with Gasteiger partial charge in [-0.3, -0.25) is 4.98 Å². The third-order valence-corrected chi connectivity index (χ3v) is 14.3. The van der Waals surface area contributed by atoms with Crippen LogP contribution in [-0.2, 0) is 6.42 Å². The van der Waals surface area contributed by atoms with Gasteiger partial charge in [-0.15, -0.1) is 0 Å². The van der Waals surface area contributed by atoms with E-state index in [0.29, 0.717) is 16.9 Å². The molecule has 1 aromatic rings. The fourth-order valence-electron chi connectivity index (χ4n) is 12.0. The molecule has 5 fully saturated rings. The number of rotatable bonds is 10. The van der Waals surface area contributed by atoms with Crippen molar-refractivity contribution in [2.24, 2.45) is 70.0 Å². The maximum absolute atomic E-state index is 4.39. The first-order chi connectivity index (χ1) is 19.2. The van der Waals surface area contributed by atoms with Gasteiger partial charge in [0.2, 0.25) is 0 Å². The lowest BCUT2D eigenvalue weighted by atomic mass is 9.42. The first-order valence-corrected chi connectivity index (χ1v) is 17.8. The summed E-state index contributed by atoms with van der Waals surface area (Å²) in [4.78, 5) is 4.39. The number of hydrogen-bond donors (Lipinski definition) is 1. The Morgan fingerprint density at radius 2 is 1.68 bits per heavy atom. The molecule has 2 heteroatoms. The monoisotopic (exact) mass is 546 g/mol. The van der Waals surface area contributed by atoms with Gasteiger partial charge in [-0.1, -0.05) is 66.9 Å². The van der Waals surface area contributed by atoms with E-state index in [1.165, 1.54) is 82.6 Å². The van der Waals surface area contributed by atoms with E-state index in [1.54, 1.807) is 0 Å². The van der Waals surface area contributed by atoms with Gasteiger partial charge in [0.15, 0.2) is 0 Å². The normalized spacial score (nSPS) is 45.0. The van der Waals surface area contributed by atoms with Gasteiger partial charge in [0.05, 0.1) is 0 Å². The molecular formula is C38H62N2. The molecule has 1 aromatic heterocycles. The van der Waals surface area contributed by atoms with Crippen molar-refractivity contribution < 1.29 is 0 Å². The summed E-state index contributed by atoms with van der Waals surface area (Å²) in [5, 5.41) is 4.26. The van der Waals surface area contributed by atoms with Gasteiger partial charge in [-0.05, 0) is 152 Å². The smallest absolute Gasteiger partial charge is 0.0300 e. The summed E-state index contributed by atoms with van der Waals surface area (Å²) in [5.41, 5.74) is 2.52. The van der Waals surface area contributed by atoms with Crippen molar-refractivity contribution in [2.45, 2.75) is 131 Å². The van der Waals surface area contributed by atoms with Crippen LogP contribution in [0.25, 0.3) is 0 Å². The maximum Gasteiger partial charge on any atom is 0.0300 e. The predicted octanol–water partition coefficient (Wildman–Crippen LogP) is 9.59.